The summed E-state index contributed by atoms with van der Waals surface area (Å²) < 4.78 is 5.31. The van der Waals surface area contributed by atoms with Gasteiger partial charge < -0.3 is 0 Å². The Morgan fingerprint density at radius 1 is 1.38 bits per heavy atom. The summed E-state index contributed by atoms with van der Waals surface area (Å²) in [5.74, 6) is 1.96. The summed E-state index contributed by atoms with van der Waals surface area (Å²) in [7, 11) is 0. The van der Waals surface area contributed by atoms with E-state index in [4.69, 9.17) is 5.26 Å². The average molecular weight is 230 g/mol. The fourth-order valence-electron chi connectivity index (χ4n) is 0.820. The van der Waals surface area contributed by atoms with Gasteiger partial charge in [-0.1, -0.05) is 13.8 Å². The summed E-state index contributed by atoms with van der Waals surface area (Å²) in [6.07, 6.45) is 0. The van der Waals surface area contributed by atoms with Gasteiger partial charge in [0.2, 0.25) is 0 Å². The SMILES string of the molecule is CCSc1nsc(SCC)c1C#N. The highest BCUT2D eigenvalue weighted by atomic mass is 32.2. The van der Waals surface area contributed by atoms with Gasteiger partial charge in [0.25, 0.3) is 0 Å². The molecule has 0 aliphatic rings. The first kappa shape index (κ1) is 10.9. The minimum atomic E-state index is 0.767. The van der Waals surface area contributed by atoms with Gasteiger partial charge in [-0.05, 0) is 23.0 Å². The van der Waals surface area contributed by atoms with Crippen LogP contribution < -0.4 is 0 Å². The molecule has 0 aromatic carbocycles. The first-order valence-corrected chi connectivity index (χ1v) is 6.73. The maximum Gasteiger partial charge on any atom is 0.129 e. The van der Waals surface area contributed by atoms with Crippen LogP contribution in [-0.4, -0.2) is 15.9 Å². The summed E-state index contributed by atoms with van der Waals surface area (Å²) >= 11 is 4.76. The molecular weight excluding hydrogens is 220 g/mol. The second kappa shape index (κ2) is 5.53. The summed E-state index contributed by atoms with van der Waals surface area (Å²) in [5, 5.41) is 9.83. The zero-order valence-electron chi connectivity index (χ0n) is 7.53. The molecule has 1 aromatic heterocycles. The first-order chi connectivity index (χ1) is 6.33. The Hall–Kier alpha value is -0.180. The minimum absolute atomic E-state index is 0.767. The third-order valence-electron chi connectivity index (χ3n) is 1.30. The van der Waals surface area contributed by atoms with Gasteiger partial charge in [-0.3, -0.25) is 0 Å². The summed E-state index contributed by atoms with van der Waals surface area (Å²) in [4.78, 5) is 0. The quantitative estimate of drug-likeness (QED) is 0.744. The van der Waals surface area contributed by atoms with E-state index in [0.717, 1.165) is 26.3 Å². The fourth-order valence-corrected chi connectivity index (χ4v) is 3.55. The molecule has 0 saturated carbocycles. The zero-order chi connectivity index (χ0) is 9.68. The van der Waals surface area contributed by atoms with E-state index < -0.39 is 0 Å². The van der Waals surface area contributed by atoms with Crippen molar-refractivity contribution in [1.82, 2.24) is 4.37 Å². The summed E-state index contributed by atoms with van der Waals surface area (Å²) in [6, 6.07) is 2.22. The van der Waals surface area contributed by atoms with Crippen molar-refractivity contribution in [1.29, 1.82) is 5.26 Å². The van der Waals surface area contributed by atoms with Crippen molar-refractivity contribution in [2.75, 3.05) is 11.5 Å². The Morgan fingerprint density at radius 3 is 2.62 bits per heavy atom. The lowest BCUT2D eigenvalue weighted by molar-refractivity contribution is 1.23. The van der Waals surface area contributed by atoms with Crippen molar-refractivity contribution in [3.63, 3.8) is 0 Å². The lowest BCUT2D eigenvalue weighted by atomic mass is 10.4. The summed E-state index contributed by atoms with van der Waals surface area (Å²) in [5.41, 5.74) is 0.767. The Balaban J connectivity index is 2.91. The van der Waals surface area contributed by atoms with Gasteiger partial charge in [-0.25, -0.2) is 0 Å². The smallest absolute Gasteiger partial charge is 0.129 e. The van der Waals surface area contributed by atoms with Crippen molar-refractivity contribution < 1.29 is 0 Å². The van der Waals surface area contributed by atoms with Crippen LogP contribution in [0.5, 0.6) is 0 Å². The molecule has 1 heterocycles. The van der Waals surface area contributed by atoms with E-state index in [1.54, 1.807) is 23.5 Å². The van der Waals surface area contributed by atoms with Gasteiger partial charge in [0.15, 0.2) is 0 Å². The van der Waals surface area contributed by atoms with E-state index >= 15 is 0 Å². The molecule has 0 bridgehead atoms. The van der Waals surface area contributed by atoms with Crippen LogP contribution in [0.3, 0.4) is 0 Å². The molecule has 0 unspecified atom stereocenters. The molecule has 0 atom stereocenters. The van der Waals surface area contributed by atoms with Crippen molar-refractivity contribution in [2.24, 2.45) is 0 Å². The van der Waals surface area contributed by atoms with E-state index in [2.05, 4.69) is 24.3 Å². The third-order valence-corrected chi connectivity index (χ3v) is 4.25. The maximum absolute atomic E-state index is 8.93. The number of hydrogen-bond acceptors (Lipinski definition) is 5. The topological polar surface area (TPSA) is 36.7 Å². The van der Waals surface area contributed by atoms with Gasteiger partial charge in [0.05, 0.1) is 4.21 Å². The van der Waals surface area contributed by atoms with Crippen LogP contribution >= 0.6 is 35.1 Å². The van der Waals surface area contributed by atoms with Gasteiger partial charge >= 0.3 is 0 Å². The minimum Gasteiger partial charge on any atom is -0.192 e. The third kappa shape index (κ3) is 2.63. The number of nitrogens with zero attached hydrogens (tertiary/aromatic N) is 2. The van der Waals surface area contributed by atoms with Crippen LogP contribution in [0.2, 0.25) is 0 Å². The standard InChI is InChI=1S/C8H10N2S3/c1-3-11-7-6(5-9)8(12-4-2)13-10-7/h3-4H2,1-2H3. The van der Waals surface area contributed by atoms with Crippen molar-refractivity contribution in [2.45, 2.75) is 23.1 Å². The Morgan fingerprint density at radius 2 is 2.08 bits per heavy atom. The molecule has 1 rings (SSSR count). The molecule has 0 amide bonds. The van der Waals surface area contributed by atoms with Crippen LogP contribution in [0.15, 0.2) is 9.24 Å². The molecule has 2 nitrogen and oxygen atoms in total. The maximum atomic E-state index is 8.93. The van der Waals surface area contributed by atoms with Crippen molar-refractivity contribution >= 4 is 35.1 Å². The van der Waals surface area contributed by atoms with Gasteiger partial charge in [0, 0.05) is 0 Å². The monoisotopic (exact) mass is 230 g/mol. The highest BCUT2D eigenvalue weighted by molar-refractivity contribution is 8.01. The molecule has 5 heteroatoms. The highest BCUT2D eigenvalue weighted by Gasteiger charge is 2.12. The van der Waals surface area contributed by atoms with Gasteiger partial charge in [-0.15, -0.1) is 23.5 Å². The molecule has 13 heavy (non-hydrogen) atoms. The first-order valence-electron chi connectivity index (χ1n) is 3.98. The van der Waals surface area contributed by atoms with E-state index in [-0.39, 0.29) is 0 Å². The van der Waals surface area contributed by atoms with Crippen LogP contribution in [0.25, 0.3) is 0 Å². The van der Waals surface area contributed by atoms with Crippen molar-refractivity contribution in [3.8, 4) is 6.07 Å². The highest BCUT2D eigenvalue weighted by Crippen LogP contribution is 2.33. The molecule has 0 aliphatic heterocycles. The Kier molecular flexibility index (Phi) is 4.64. The fraction of sp³-hybridized carbons (Fsp3) is 0.500. The second-order valence-electron chi connectivity index (χ2n) is 2.13. The van der Waals surface area contributed by atoms with E-state index in [0.29, 0.717) is 0 Å². The zero-order valence-corrected chi connectivity index (χ0v) is 9.98. The van der Waals surface area contributed by atoms with E-state index in [9.17, 15) is 0 Å². The lowest BCUT2D eigenvalue weighted by Gasteiger charge is -1.93. The van der Waals surface area contributed by atoms with Crippen LogP contribution in [0, 0.1) is 11.3 Å². The van der Waals surface area contributed by atoms with Crippen LogP contribution in [0.1, 0.15) is 19.4 Å². The molecule has 0 saturated heterocycles. The number of hydrogen-bond donors (Lipinski definition) is 0. The molecular formula is C8H10N2S3. The molecule has 0 aliphatic carbocycles. The molecule has 70 valence electrons. The number of thioether (sulfide) groups is 2. The normalized spacial score (nSPS) is 9.92. The molecule has 0 radical (unpaired) electrons. The van der Waals surface area contributed by atoms with Gasteiger partial charge in [-0.2, -0.15) is 9.64 Å². The molecule has 0 fully saturated rings. The molecule has 1 aromatic rings. The Bertz CT molecular complexity index is 290. The lowest BCUT2D eigenvalue weighted by Crippen LogP contribution is -1.79. The van der Waals surface area contributed by atoms with E-state index in [1.165, 1.54) is 11.5 Å². The number of nitriles is 1. The number of rotatable bonds is 4. The average Bonchev–Trinajstić information content (AvgIpc) is 2.49. The molecule has 0 spiro atoms. The van der Waals surface area contributed by atoms with Gasteiger partial charge in [0.1, 0.15) is 16.7 Å². The Labute approximate surface area is 90.9 Å². The second-order valence-corrected chi connectivity index (χ2v) is 5.69. The predicted octanol–water partition coefficient (Wildman–Crippen LogP) is 3.24. The van der Waals surface area contributed by atoms with Crippen LogP contribution in [-0.2, 0) is 0 Å². The largest absolute Gasteiger partial charge is 0.192 e. The predicted molar refractivity (Wildman–Crippen MR) is 59.6 cm³/mol. The van der Waals surface area contributed by atoms with Crippen LogP contribution in [0.4, 0.5) is 0 Å². The summed E-state index contributed by atoms with van der Waals surface area (Å²) in [6.45, 7) is 4.15. The van der Waals surface area contributed by atoms with E-state index in [1.807, 2.05) is 0 Å². The molecule has 0 N–H and O–H groups in total. The van der Waals surface area contributed by atoms with Crippen molar-refractivity contribution in [3.05, 3.63) is 5.56 Å². The number of aromatic nitrogens is 1.